The Morgan fingerprint density at radius 3 is 2.55 bits per heavy atom. The van der Waals surface area contributed by atoms with Gasteiger partial charge in [0, 0.05) is 17.8 Å². The largest absolute Gasteiger partial charge is 0.322 e. The molecule has 2 amide bonds. The molecule has 1 fully saturated rings. The zero-order valence-corrected chi connectivity index (χ0v) is 16.2. The molecule has 1 N–H and O–H groups in total. The van der Waals surface area contributed by atoms with Crippen molar-refractivity contribution in [3.63, 3.8) is 0 Å². The summed E-state index contributed by atoms with van der Waals surface area (Å²) >= 11 is 1.31. The predicted octanol–water partition coefficient (Wildman–Crippen LogP) is 3.49. The van der Waals surface area contributed by atoms with E-state index in [1.54, 1.807) is 31.2 Å². The summed E-state index contributed by atoms with van der Waals surface area (Å²) in [6.45, 7) is 1.73. The van der Waals surface area contributed by atoms with Gasteiger partial charge in [-0.15, -0.1) is 0 Å². The summed E-state index contributed by atoms with van der Waals surface area (Å²) in [5.74, 6) is -0.289. The van der Waals surface area contributed by atoms with Gasteiger partial charge in [0.2, 0.25) is 5.91 Å². The van der Waals surface area contributed by atoms with Crippen molar-refractivity contribution in [1.29, 1.82) is 0 Å². The summed E-state index contributed by atoms with van der Waals surface area (Å²) in [6, 6.07) is 14.2. The van der Waals surface area contributed by atoms with Crippen LogP contribution in [0.2, 0.25) is 0 Å². The second-order valence-corrected chi connectivity index (χ2v) is 7.46. The van der Waals surface area contributed by atoms with E-state index in [4.69, 9.17) is 0 Å². The molecular weight excluding hydrogens is 392 g/mol. The Morgan fingerprint density at radius 1 is 1.21 bits per heavy atom. The quantitative estimate of drug-likeness (QED) is 0.616. The number of nitrogens with one attached hydrogen (secondary N) is 1. The first kappa shape index (κ1) is 18.9. The lowest BCUT2D eigenvalue weighted by molar-refractivity contribution is -0.384. The maximum Gasteiger partial charge on any atom is 0.269 e. The molecule has 1 atom stereocenters. The zero-order valence-electron chi connectivity index (χ0n) is 15.4. The number of nitrogens with zero attached hydrogens (tertiary/aromatic N) is 3. The highest BCUT2D eigenvalue weighted by atomic mass is 32.2. The molecule has 0 aliphatic carbocycles. The van der Waals surface area contributed by atoms with Gasteiger partial charge in [0.1, 0.15) is 0 Å². The number of allylic oxidation sites excluding steroid dienone is 1. The minimum absolute atomic E-state index is 0.0587. The summed E-state index contributed by atoms with van der Waals surface area (Å²) in [4.78, 5) is 42.2. The second kappa shape index (κ2) is 7.51. The lowest BCUT2D eigenvalue weighted by Crippen LogP contribution is -2.40. The van der Waals surface area contributed by atoms with Crippen LogP contribution in [0, 0.1) is 10.1 Å². The van der Waals surface area contributed by atoms with Crippen LogP contribution in [-0.4, -0.2) is 32.6 Å². The standard InChI is InChI=1S/C20H16N4O4S/c1-12-17(19(26)22-14-5-3-2-4-6-14)18(23-16(25)11-29-20(23)21-12)13-7-9-15(10-8-13)24(27)28/h2-10,18H,11H2,1H3,(H,22,26). The number of hydrogen-bond donors (Lipinski definition) is 1. The fourth-order valence-electron chi connectivity index (χ4n) is 3.35. The van der Waals surface area contributed by atoms with E-state index >= 15 is 0 Å². The molecule has 0 radical (unpaired) electrons. The Labute approximate surface area is 170 Å². The number of nitro benzene ring substituents is 1. The Kier molecular flexibility index (Phi) is 4.89. The molecule has 2 aromatic rings. The number of amidine groups is 1. The van der Waals surface area contributed by atoms with Crippen molar-refractivity contribution in [2.75, 3.05) is 11.1 Å². The van der Waals surface area contributed by atoms with E-state index in [0.717, 1.165) is 0 Å². The fourth-order valence-corrected chi connectivity index (χ4v) is 4.29. The van der Waals surface area contributed by atoms with Gasteiger partial charge in [0.05, 0.1) is 28.0 Å². The van der Waals surface area contributed by atoms with Crippen LogP contribution in [0.3, 0.4) is 0 Å². The number of non-ortho nitro benzene ring substituents is 1. The fraction of sp³-hybridized carbons (Fsp3) is 0.150. The summed E-state index contributed by atoms with van der Waals surface area (Å²) in [7, 11) is 0. The average molecular weight is 408 g/mol. The van der Waals surface area contributed by atoms with Crippen molar-refractivity contribution in [3.8, 4) is 0 Å². The highest BCUT2D eigenvalue weighted by Gasteiger charge is 2.42. The van der Waals surface area contributed by atoms with E-state index < -0.39 is 11.0 Å². The third kappa shape index (κ3) is 3.52. The molecule has 0 saturated carbocycles. The summed E-state index contributed by atoms with van der Waals surface area (Å²) in [6.07, 6.45) is 0. The molecule has 0 aromatic heterocycles. The highest BCUT2D eigenvalue weighted by molar-refractivity contribution is 8.15. The van der Waals surface area contributed by atoms with Crippen LogP contribution in [0.5, 0.6) is 0 Å². The molecule has 29 heavy (non-hydrogen) atoms. The van der Waals surface area contributed by atoms with Gasteiger partial charge in [-0.25, -0.2) is 4.99 Å². The molecule has 2 aliphatic heterocycles. The van der Waals surface area contributed by atoms with Crippen LogP contribution >= 0.6 is 11.8 Å². The van der Waals surface area contributed by atoms with Crippen molar-refractivity contribution < 1.29 is 14.5 Å². The van der Waals surface area contributed by atoms with Gasteiger partial charge in [0.25, 0.3) is 11.6 Å². The number of nitro groups is 1. The van der Waals surface area contributed by atoms with Crippen molar-refractivity contribution >= 4 is 40.1 Å². The van der Waals surface area contributed by atoms with E-state index in [-0.39, 0.29) is 23.3 Å². The number of aliphatic imine (C=N–C) groups is 1. The normalized spacial score (nSPS) is 18.4. The smallest absolute Gasteiger partial charge is 0.269 e. The number of carbonyl (C=O) groups is 2. The van der Waals surface area contributed by atoms with Gasteiger partial charge in [-0.05, 0) is 36.8 Å². The molecule has 1 saturated heterocycles. The van der Waals surface area contributed by atoms with Crippen LogP contribution in [0.1, 0.15) is 18.5 Å². The lowest BCUT2D eigenvalue weighted by atomic mass is 9.93. The maximum absolute atomic E-state index is 13.1. The molecule has 2 aromatic carbocycles. The number of fused-ring (bicyclic) bond motifs is 1. The lowest BCUT2D eigenvalue weighted by Gasteiger charge is -2.33. The first-order chi connectivity index (χ1) is 14.0. The SMILES string of the molecule is CC1=C(C(=O)Nc2ccccc2)C(c2ccc([N+](=O)[O-])cc2)N2C(=O)CSC2=N1. The van der Waals surface area contributed by atoms with Gasteiger partial charge in [-0.2, -0.15) is 0 Å². The Bertz CT molecular complexity index is 1060. The average Bonchev–Trinajstić information content (AvgIpc) is 3.08. The molecule has 4 rings (SSSR count). The van der Waals surface area contributed by atoms with Gasteiger partial charge in [-0.3, -0.25) is 24.6 Å². The molecule has 0 spiro atoms. The van der Waals surface area contributed by atoms with E-state index in [0.29, 0.717) is 27.7 Å². The van der Waals surface area contributed by atoms with Gasteiger partial charge >= 0.3 is 0 Å². The number of hydrogen-bond acceptors (Lipinski definition) is 6. The van der Waals surface area contributed by atoms with Gasteiger partial charge in [0.15, 0.2) is 5.17 Å². The highest BCUT2D eigenvalue weighted by Crippen LogP contribution is 2.41. The van der Waals surface area contributed by atoms with Crippen molar-refractivity contribution in [1.82, 2.24) is 4.90 Å². The number of amides is 2. The molecule has 0 bridgehead atoms. The molecular formula is C20H16N4O4S. The van der Waals surface area contributed by atoms with Crippen LogP contribution in [0.4, 0.5) is 11.4 Å². The van der Waals surface area contributed by atoms with E-state index in [1.165, 1.54) is 28.8 Å². The van der Waals surface area contributed by atoms with Crippen LogP contribution in [0.15, 0.2) is 70.9 Å². The number of benzene rings is 2. The molecule has 8 nitrogen and oxygen atoms in total. The van der Waals surface area contributed by atoms with Crippen molar-refractivity contribution in [2.24, 2.45) is 4.99 Å². The Morgan fingerprint density at radius 2 is 1.90 bits per heavy atom. The topological polar surface area (TPSA) is 105 Å². The maximum atomic E-state index is 13.1. The zero-order chi connectivity index (χ0) is 20.5. The van der Waals surface area contributed by atoms with Gasteiger partial charge in [-0.1, -0.05) is 30.0 Å². The molecule has 2 aliphatic rings. The number of para-hydroxylation sites is 1. The Hall–Kier alpha value is -3.46. The first-order valence-corrected chi connectivity index (χ1v) is 9.79. The van der Waals surface area contributed by atoms with E-state index in [1.807, 2.05) is 18.2 Å². The van der Waals surface area contributed by atoms with Crippen LogP contribution < -0.4 is 5.32 Å². The molecule has 1 unspecified atom stereocenters. The summed E-state index contributed by atoms with van der Waals surface area (Å²) in [5.41, 5.74) is 2.02. The molecule has 9 heteroatoms. The monoisotopic (exact) mass is 408 g/mol. The first-order valence-electron chi connectivity index (χ1n) is 8.81. The van der Waals surface area contributed by atoms with Crippen LogP contribution in [-0.2, 0) is 9.59 Å². The van der Waals surface area contributed by atoms with Gasteiger partial charge < -0.3 is 5.32 Å². The summed E-state index contributed by atoms with van der Waals surface area (Å²) in [5, 5.41) is 14.4. The number of anilines is 1. The van der Waals surface area contributed by atoms with Crippen molar-refractivity contribution in [2.45, 2.75) is 13.0 Å². The molecule has 146 valence electrons. The van der Waals surface area contributed by atoms with Crippen LogP contribution in [0.25, 0.3) is 0 Å². The predicted molar refractivity (Wildman–Crippen MR) is 110 cm³/mol. The minimum Gasteiger partial charge on any atom is -0.322 e. The second-order valence-electron chi connectivity index (χ2n) is 6.52. The number of rotatable bonds is 4. The Balaban J connectivity index is 1.77. The summed E-state index contributed by atoms with van der Waals surface area (Å²) < 4.78 is 0. The third-order valence-electron chi connectivity index (χ3n) is 4.68. The number of carbonyl (C=O) groups excluding carboxylic acids is 2. The van der Waals surface area contributed by atoms with E-state index in [9.17, 15) is 19.7 Å². The third-order valence-corrected chi connectivity index (χ3v) is 5.62. The molecule has 2 heterocycles. The van der Waals surface area contributed by atoms with E-state index in [2.05, 4.69) is 10.3 Å². The minimum atomic E-state index is -0.700. The number of thioether (sulfide) groups is 1. The van der Waals surface area contributed by atoms with Crippen molar-refractivity contribution in [3.05, 3.63) is 81.5 Å².